The number of hydrogen-bond donors (Lipinski definition) is 2. The van der Waals surface area contributed by atoms with Crippen LogP contribution in [-0.4, -0.2) is 5.91 Å². The van der Waals surface area contributed by atoms with Crippen molar-refractivity contribution in [2.75, 3.05) is 5.32 Å². The summed E-state index contributed by atoms with van der Waals surface area (Å²) < 4.78 is 0. The quantitative estimate of drug-likeness (QED) is 0.727. The van der Waals surface area contributed by atoms with E-state index in [1.54, 1.807) is 0 Å². The predicted molar refractivity (Wildman–Crippen MR) is 61.0 cm³/mol. The second kappa shape index (κ2) is 5.84. The maximum Gasteiger partial charge on any atom is 0.225 e. The molecule has 3 nitrogen and oxygen atoms in total. The zero-order valence-corrected chi connectivity index (χ0v) is 8.49. The first-order valence-electron chi connectivity index (χ1n) is 4.78. The normalized spacial score (nSPS) is 9.33. The van der Waals surface area contributed by atoms with Crippen molar-refractivity contribution in [2.45, 2.75) is 19.4 Å². The van der Waals surface area contributed by atoms with Gasteiger partial charge in [-0.2, -0.15) is 0 Å². The Morgan fingerprint density at radius 2 is 2.33 bits per heavy atom. The number of benzene rings is 1. The summed E-state index contributed by atoms with van der Waals surface area (Å²) in [5, 5.41) is 2.76. The van der Waals surface area contributed by atoms with E-state index in [0.717, 1.165) is 11.3 Å². The van der Waals surface area contributed by atoms with Gasteiger partial charge in [-0.1, -0.05) is 12.1 Å². The van der Waals surface area contributed by atoms with Crippen LogP contribution in [-0.2, 0) is 11.3 Å². The van der Waals surface area contributed by atoms with Gasteiger partial charge >= 0.3 is 0 Å². The summed E-state index contributed by atoms with van der Waals surface area (Å²) >= 11 is 0. The molecule has 0 spiro atoms. The number of carbonyl (C=O) groups excluding carboxylic acids is 1. The molecule has 0 aliphatic heterocycles. The zero-order chi connectivity index (χ0) is 11.1. The highest BCUT2D eigenvalue weighted by atomic mass is 16.1. The van der Waals surface area contributed by atoms with E-state index in [1.807, 2.05) is 24.3 Å². The smallest absolute Gasteiger partial charge is 0.225 e. The Bertz CT molecular complexity index is 379. The molecule has 1 amide bonds. The van der Waals surface area contributed by atoms with Gasteiger partial charge in [0, 0.05) is 25.1 Å². The van der Waals surface area contributed by atoms with Crippen molar-refractivity contribution in [1.29, 1.82) is 0 Å². The number of nitrogens with one attached hydrogen (secondary N) is 1. The summed E-state index contributed by atoms with van der Waals surface area (Å²) in [6.45, 7) is 0.466. The van der Waals surface area contributed by atoms with Gasteiger partial charge in [-0.05, 0) is 17.7 Å². The van der Waals surface area contributed by atoms with Gasteiger partial charge in [-0.15, -0.1) is 12.3 Å². The fourth-order valence-corrected chi connectivity index (χ4v) is 1.19. The van der Waals surface area contributed by atoms with E-state index in [0.29, 0.717) is 19.4 Å². The average Bonchev–Trinajstić information content (AvgIpc) is 2.26. The molecular weight excluding hydrogens is 188 g/mol. The third-order valence-corrected chi connectivity index (χ3v) is 1.94. The van der Waals surface area contributed by atoms with Crippen LogP contribution in [0.5, 0.6) is 0 Å². The Morgan fingerprint density at radius 3 is 3.00 bits per heavy atom. The molecule has 3 heteroatoms. The maximum atomic E-state index is 11.3. The van der Waals surface area contributed by atoms with Crippen molar-refractivity contribution in [2.24, 2.45) is 5.73 Å². The highest BCUT2D eigenvalue weighted by Crippen LogP contribution is 2.10. The highest BCUT2D eigenvalue weighted by Gasteiger charge is 2.01. The van der Waals surface area contributed by atoms with E-state index in [-0.39, 0.29) is 5.91 Å². The van der Waals surface area contributed by atoms with Crippen molar-refractivity contribution >= 4 is 11.6 Å². The highest BCUT2D eigenvalue weighted by molar-refractivity contribution is 5.90. The van der Waals surface area contributed by atoms with Crippen molar-refractivity contribution in [3.8, 4) is 12.3 Å². The maximum absolute atomic E-state index is 11.3. The first-order valence-corrected chi connectivity index (χ1v) is 4.78. The average molecular weight is 202 g/mol. The van der Waals surface area contributed by atoms with Crippen molar-refractivity contribution in [3.63, 3.8) is 0 Å². The monoisotopic (exact) mass is 202 g/mol. The predicted octanol–water partition coefficient (Wildman–Crippen LogP) is 1.50. The lowest BCUT2D eigenvalue weighted by Crippen LogP contribution is -2.11. The van der Waals surface area contributed by atoms with Gasteiger partial charge in [0.05, 0.1) is 0 Å². The molecule has 0 fully saturated rings. The van der Waals surface area contributed by atoms with Crippen LogP contribution in [0.2, 0.25) is 0 Å². The summed E-state index contributed by atoms with van der Waals surface area (Å²) in [6, 6.07) is 7.46. The van der Waals surface area contributed by atoms with Gasteiger partial charge < -0.3 is 11.1 Å². The lowest BCUT2D eigenvalue weighted by atomic mass is 10.2. The second-order valence-corrected chi connectivity index (χ2v) is 3.16. The molecule has 15 heavy (non-hydrogen) atoms. The summed E-state index contributed by atoms with van der Waals surface area (Å²) in [7, 11) is 0. The van der Waals surface area contributed by atoms with E-state index in [4.69, 9.17) is 12.2 Å². The van der Waals surface area contributed by atoms with Crippen LogP contribution >= 0.6 is 0 Å². The Labute approximate surface area is 89.7 Å². The van der Waals surface area contributed by atoms with Crippen LogP contribution in [0.1, 0.15) is 18.4 Å². The van der Waals surface area contributed by atoms with Crippen molar-refractivity contribution in [3.05, 3.63) is 29.8 Å². The van der Waals surface area contributed by atoms with Gasteiger partial charge in [0.2, 0.25) is 5.91 Å². The molecule has 0 saturated heterocycles. The van der Waals surface area contributed by atoms with Crippen LogP contribution < -0.4 is 11.1 Å². The first-order chi connectivity index (χ1) is 7.26. The minimum absolute atomic E-state index is 0.0675. The number of anilines is 1. The van der Waals surface area contributed by atoms with Gasteiger partial charge in [0.25, 0.3) is 0 Å². The molecule has 0 aliphatic rings. The Morgan fingerprint density at radius 1 is 1.53 bits per heavy atom. The summed E-state index contributed by atoms with van der Waals surface area (Å²) in [6.07, 6.45) is 5.88. The van der Waals surface area contributed by atoms with E-state index in [1.165, 1.54) is 0 Å². The molecule has 0 saturated carbocycles. The lowest BCUT2D eigenvalue weighted by Gasteiger charge is -2.05. The molecule has 0 atom stereocenters. The second-order valence-electron chi connectivity index (χ2n) is 3.16. The minimum atomic E-state index is -0.0675. The van der Waals surface area contributed by atoms with Crippen molar-refractivity contribution in [1.82, 2.24) is 0 Å². The molecule has 78 valence electrons. The third kappa shape index (κ3) is 3.84. The van der Waals surface area contributed by atoms with Crippen LogP contribution in [0.3, 0.4) is 0 Å². The standard InChI is InChI=1S/C12H14N2O/c1-2-3-7-12(15)14-11-6-4-5-10(8-11)9-13/h1,4-6,8H,3,7,9,13H2,(H,14,15). The third-order valence-electron chi connectivity index (χ3n) is 1.94. The van der Waals surface area contributed by atoms with E-state index in [9.17, 15) is 4.79 Å². The number of rotatable bonds is 4. The number of amides is 1. The fraction of sp³-hybridized carbons (Fsp3) is 0.250. The topological polar surface area (TPSA) is 55.1 Å². The van der Waals surface area contributed by atoms with Crippen LogP contribution in [0, 0.1) is 12.3 Å². The van der Waals surface area contributed by atoms with E-state index < -0.39 is 0 Å². The first kappa shape index (κ1) is 11.3. The molecule has 0 heterocycles. The number of terminal acetylenes is 1. The minimum Gasteiger partial charge on any atom is -0.326 e. The molecule has 0 aromatic heterocycles. The van der Waals surface area contributed by atoms with Gasteiger partial charge in [0.1, 0.15) is 0 Å². The van der Waals surface area contributed by atoms with Crippen LogP contribution in [0.15, 0.2) is 24.3 Å². The molecule has 0 bridgehead atoms. The van der Waals surface area contributed by atoms with Crippen molar-refractivity contribution < 1.29 is 4.79 Å². The van der Waals surface area contributed by atoms with Gasteiger partial charge in [-0.3, -0.25) is 4.79 Å². The number of carbonyl (C=O) groups is 1. The number of hydrogen-bond acceptors (Lipinski definition) is 2. The molecule has 0 aliphatic carbocycles. The van der Waals surface area contributed by atoms with Crippen LogP contribution in [0.25, 0.3) is 0 Å². The molecule has 0 radical (unpaired) electrons. The molecule has 0 unspecified atom stereocenters. The van der Waals surface area contributed by atoms with E-state index in [2.05, 4.69) is 11.2 Å². The fourth-order valence-electron chi connectivity index (χ4n) is 1.19. The van der Waals surface area contributed by atoms with Gasteiger partial charge in [-0.25, -0.2) is 0 Å². The molecule has 1 rings (SSSR count). The molecule has 3 N–H and O–H groups in total. The Balaban J connectivity index is 2.57. The molecule has 1 aromatic rings. The Hall–Kier alpha value is -1.79. The number of nitrogens with two attached hydrogens (primary N) is 1. The molecule has 1 aromatic carbocycles. The summed E-state index contributed by atoms with van der Waals surface area (Å²) in [5.41, 5.74) is 7.24. The molecular formula is C12H14N2O. The largest absolute Gasteiger partial charge is 0.326 e. The lowest BCUT2D eigenvalue weighted by molar-refractivity contribution is -0.116. The van der Waals surface area contributed by atoms with Crippen LogP contribution in [0.4, 0.5) is 5.69 Å². The SMILES string of the molecule is C#CCCC(=O)Nc1cccc(CN)c1. The zero-order valence-electron chi connectivity index (χ0n) is 8.49. The van der Waals surface area contributed by atoms with Gasteiger partial charge in [0.15, 0.2) is 0 Å². The summed E-state index contributed by atoms with van der Waals surface area (Å²) in [4.78, 5) is 11.3. The Kier molecular flexibility index (Phi) is 4.39. The summed E-state index contributed by atoms with van der Waals surface area (Å²) in [5.74, 6) is 2.36. The van der Waals surface area contributed by atoms with E-state index >= 15 is 0 Å².